The lowest BCUT2D eigenvalue weighted by molar-refractivity contribution is -0.124. The van der Waals surface area contributed by atoms with Gasteiger partial charge in [0.05, 0.1) is 19.8 Å². The van der Waals surface area contributed by atoms with Crippen molar-refractivity contribution in [1.82, 2.24) is 5.32 Å². The van der Waals surface area contributed by atoms with Gasteiger partial charge >= 0.3 is 5.97 Å². The van der Waals surface area contributed by atoms with Crippen molar-refractivity contribution in [2.75, 3.05) is 20.8 Å². The number of nitrogens with one attached hydrogen (secondary N) is 1. The third-order valence-corrected chi connectivity index (χ3v) is 2.90. The fourth-order valence-electron chi connectivity index (χ4n) is 1.67. The molecule has 1 aliphatic carbocycles. The second kappa shape index (κ2) is 6.27. The summed E-state index contributed by atoms with van der Waals surface area (Å²) in [6.45, 7) is -0.274. The van der Waals surface area contributed by atoms with Crippen LogP contribution in [0.5, 0.6) is 11.5 Å². The number of methoxy groups -OCH3 is 2. The number of amides is 1. The fourth-order valence-corrected chi connectivity index (χ4v) is 1.67. The summed E-state index contributed by atoms with van der Waals surface area (Å²) in [6, 6.07) is 4.93. The van der Waals surface area contributed by atoms with E-state index in [0.717, 1.165) is 12.8 Å². The second-order valence-corrected chi connectivity index (χ2v) is 4.49. The highest BCUT2D eigenvalue weighted by Crippen LogP contribution is 2.27. The van der Waals surface area contributed by atoms with Crippen LogP contribution >= 0.6 is 0 Å². The molecule has 2 rings (SSSR count). The number of rotatable bonds is 6. The molecule has 1 aromatic carbocycles. The summed E-state index contributed by atoms with van der Waals surface area (Å²) in [4.78, 5) is 23.2. The number of hydrogen-bond donors (Lipinski definition) is 1. The molecule has 1 amide bonds. The van der Waals surface area contributed by atoms with Gasteiger partial charge in [-0.15, -0.1) is 0 Å². The van der Waals surface area contributed by atoms with E-state index in [9.17, 15) is 9.59 Å². The van der Waals surface area contributed by atoms with E-state index >= 15 is 0 Å². The van der Waals surface area contributed by atoms with Gasteiger partial charge in [0.25, 0.3) is 5.91 Å². The smallest absolute Gasteiger partial charge is 0.338 e. The predicted molar refractivity (Wildman–Crippen MR) is 71.0 cm³/mol. The van der Waals surface area contributed by atoms with Gasteiger partial charge in [0.2, 0.25) is 0 Å². The standard InChI is InChI=1S/C14H17NO5/c1-18-11-6-3-9(7-12(11)19-2)14(17)20-8-13(16)15-10-4-5-10/h3,6-7,10H,4-5,8H2,1-2H3,(H,15,16). The molecule has 1 N–H and O–H groups in total. The molecule has 1 saturated carbocycles. The summed E-state index contributed by atoms with van der Waals surface area (Å²) >= 11 is 0. The van der Waals surface area contributed by atoms with E-state index in [1.165, 1.54) is 20.3 Å². The lowest BCUT2D eigenvalue weighted by Gasteiger charge is -2.09. The van der Waals surface area contributed by atoms with Crippen LogP contribution in [0.15, 0.2) is 18.2 Å². The fraction of sp³-hybridized carbons (Fsp3) is 0.429. The number of carbonyl (C=O) groups is 2. The third kappa shape index (κ3) is 3.63. The molecule has 1 aliphatic rings. The van der Waals surface area contributed by atoms with Crippen LogP contribution in [-0.2, 0) is 9.53 Å². The van der Waals surface area contributed by atoms with Crippen molar-refractivity contribution in [3.63, 3.8) is 0 Å². The minimum Gasteiger partial charge on any atom is -0.493 e. The average molecular weight is 279 g/mol. The predicted octanol–water partition coefficient (Wildman–Crippen LogP) is 1.14. The van der Waals surface area contributed by atoms with E-state index in [-0.39, 0.29) is 18.6 Å². The number of ether oxygens (including phenoxy) is 3. The van der Waals surface area contributed by atoms with E-state index < -0.39 is 5.97 Å². The van der Waals surface area contributed by atoms with E-state index in [4.69, 9.17) is 14.2 Å². The maximum atomic E-state index is 11.8. The summed E-state index contributed by atoms with van der Waals surface area (Å²) < 4.78 is 15.1. The Bertz CT molecular complexity index is 510. The van der Waals surface area contributed by atoms with Crippen molar-refractivity contribution in [1.29, 1.82) is 0 Å². The Morgan fingerprint density at radius 2 is 1.90 bits per heavy atom. The highest BCUT2D eigenvalue weighted by Gasteiger charge is 2.23. The maximum absolute atomic E-state index is 11.8. The summed E-state index contributed by atoms with van der Waals surface area (Å²) in [5.41, 5.74) is 0.307. The third-order valence-electron chi connectivity index (χ3n) is 2.90. The monoisotopic (exact) mass is 279 g/mol. The quantitative estimate of drug-likeness (QED) is 0.790. The van der Waals surface area contributed by atoms with Crippen molar-refractivity contribution < 1.29 is 23.8 Å². The first-order valence-electron chi connectivity index (χ1n) is 6.32. The molecular formula is C14H17NO5. The summed E-state index contributed by atoms with van der Waals surface area (Å²) in [5.74, 6) is 0.109. The Morgan fingerprint density at radius 1 is 1.20 bits per heavy atom. The zero-order valence-corrected chi connectivity index (χ0v) is 11.5. The molecular weight excluding hydrogens is 262 g/mol. The summed E-state index contributed by atoms with van der Waals surface area (Å²) in [6.07, 6.45) is 1.99. The number of esters is 1. The summed E-state index contributed by atoms with van der Waals surface area (Å²) in [5, 5.41) is 2.74. The molecule has 1 fully saturated rings. The first kappa shape index (κ1) is 14.2. The zero-order valence-electron chi connectivity index (χ0n) is 11.5. The molecule has 0 heterocycles. The molecule has 0 spiro atoms. The van der Waals surface area contributed by atoms with E-state index in [2.05, 4.69) is 5.32 Å². The second-order valence-electron chi connectivity index (χ2n) is 4.49. The van der Waals surface area contributed by atoms with Crippen LogP contribution in [0.1, 0.15) is 23.2 Å². The van der Waals surface area contributed by atoms with Gasteiger partial charge in [0, 0.05) is 6.04 Å². The van der Waals surface area contributed by atoms with Gasteiger partial charge in [-0.2, -0.15) is 0 Å². The van der Waals surface area contributed by atoms with Crippen LogP contribution in [-0.4, -0.2) is 38.7 Å². The maximum Gasteiger partial charge on any atom is 0.338 e. The highest BCUT2D eigenvalue weighted by atomic mass is 16.5. The normalized spacial score (nSPS) is 13.5. The minimum absolute atomic E-state index is 0.252. The molecule has 6 heteroatoms. The molecule has 0 aliphatic heterocycles. The van der Waals surface area contributed by atoms with Crippen molar-refractivity contribution in [3.05, 3.63) is 23.8 Å². The Hall–Kier alpha value is -2.24. The SMILES string of the molecule is COc1ccc(C(=O)OCC(=O)NC2CC2)cc1OC. The molecule has 20 heavy (non-hydrogen) atoms. The summed E-state index contributed by atoms with van der Waals surface area (Å²) in [7, 11) is 2.99. The minimum atomic E-state index is -0.572. The molecule has 6 nitrogen and oxygen atoms in total. The van der Waals surface area contributed by atoms with Gasteiger partial charge < -0.3 is 19.5 Å². The Balaban J connectivity index is 1.92. The topological polar surface area (TPSA) is 73.9 Å². The van der Waals surface area contributed by atoms with E-state index in [1.807, 2.05) is 0 Å². The van der Waals surface area contributed by atoms with E-state index in [0.29, 0.717) is 17.1 Å². The Kier molecular flexibility index (Phi) is 4.45. The first-order chi connectivity index (χ1) is 9.63. The van der Waals surface area contributed by atoms with Crippen LogP contribution in [0, 0.1) is 0 Å². The molecule has 0 unspecified atom stereocenters. The molecule has 1 aromatic rings. The van der Waals surface area contributed by atoms with Crippen molar-refractivity contribution in [3.8, 4) is 11.5 Å². The molecule has 0 aromatic heterocycles. The first-order valence-corrected chi connectivity index (χ1v) is 6.32. The van der Waals surface area contributed by atoms with Gasteiger partial charge in [0.1, 0.15) is 0 Å². The van der Waals surface area contributed by atoms with Crippen LogP contribution in [0.25, 0.3) is 0 Å². The largest absolute Gasteiger partial charge is 0.493 e. The van der Waals surface area contributed by atoms with Gasteiger partial charge in [-0.3, -0.25) is 4.79 Å². The van der Waals surface area contributed by atoms with Crippen molar-refractivity contribution >= 4 is 11.9 Å². The van der Waals surface area contributed by atoms with Crippen LogP contribution in [0.2, 0.25) is 0 Å². The van der Waals surface area contributed by atoms with Gasteiger partial charge in [-0.05, 0) is 31.0 Å². The van der Waals surface area contributed by atoms with Crippen LogP contribution < -0.4 is 14.8 Å². The average Bonchev–Trinajstić information content (AvgIpc) is 3.27. The van der Waals surface area contributed by atoms with Crippen molar-refractivity contribution in [2.45, 2.75) is 18.9 Å². The Morgan fingerprint density at radius 3 is 2.50 bits per heavy atom. The van der Waals surface area contributed by atoms with Crippen LogP contribution in [0.3, 0.4) is 0 Å². The zero-order chi connectivity index (χ0) is 14.5. The van der Waals surface area contributed by atoms with Crippen molar-refractivity contribution in [2.24, 2.45) is 0 Å². The molecule has 0 bridgehead atoms. The van der Waals surface area contributed by atoms with Gasteiger partial charge in [0.15, 0.2) is 18.1 Å². The van der Waals surface area contributed by atoms with E-state index in [1.54, 1.807) is 12.1 Å². The number of benzene rings is 1. The number of hydrogen-bond acceptors (Lipinski definition) is 5. The lowest BCUT2D eigenvalue weighted by atomic mass is 10.2. The van der Waals surface area contributed by atoms with Gasteiger partial charge in [-0.1, -0.05) is 0 Å². The van der Waals surface area contributed by atoms with Gasteiger partial charge in [-0.25, -0.2) is 4.79 Å². The molecule has 0 atom stereocenters. The number of carbonyl (C=O) groups excluding carboxylic acids is 2. The molecule has 0 saturated heterocycles. The Labute approximate surface area is 117 Å². The molecule has 108 valence electrons. The highest BCUT2D eigenvalue weighted by molar-refractivity contribution is 5.92. The van der Waals surface area contributed by atoms with Crippen LogP contribution in [0.4, 0.5) is 0 Å². The molecule has 0 radical (unpaired) electrons. The lowest BCUT2D eigenvalue weighted by Crippen LogP contribution is -2.30.